The fourth-order valence-corrected chi connectivity index (χ4v) is 3.77. The summed E-state index contributed by atoms with van der Waals surface area (Å²) in [6, 6.07) is 16.4. The highest BCUT2D eigenvalue weighted by Crippen LogP contribution is 2.31. The minimum Gasteiger partial charge on any atom is -0.496 e. The fourth-order valence-electron chi connectivity index (χ4n) is 3.77. The first kappa shape index (κ1) is 21.7. The van der Waals surface area contributed by atoms with E-state index in [9.17, 15) is 0 Å². The van der Waals surface area contributed by atoms with Gasteiger partial charge in [-0.25, -0.2) is 4.99 Å². The Morgan fingerprint density at radius 2 is 2.00 bits per heavy atom. The van der Waals surface area contributed by atoms with Gasteiger partial charge in [-0.2, -0.15) is 0 Å². The summed E-state index contributed by atoms with van der Waals surface area (Å²) in [5.41, 5.74) is 2.30. The molecule has 0 bridgehead atoms. The second kappa shape index (κ2) is 10.2. The molecule has 0 saturated carbocycles. The number of para-hydroxylation sites is 2. The lowest BCUT2D eigenvalue weighted by atomic mass is 10.0. The van der Waals surface area contributed by atoms with Crippen molar-refractivity contribution in [1.82, 2.24) is 25.4 Å². The van der Waals surface area contributed by atoms with E-state index in [4.69, 9.17) is 14.5 Å². The Labute approximate surface area is 188 Å². The quantitative estimate of drug-likeness (QED) is 0.439. The fraction of sp³-hybridized carbons (Fsp3) is 0.375. The average molecular weight is 435 g/mol. The number of aliphatic imine (C=N–C) groups is 1. The van der Waals surface area contributed by atoms with E-state index in [2.05, 4.69) is 33.0 Å². The second-order valence-electron chi connectivity index (χ2n) is 7.75. The Morgan fingerprint density at radius 1 is 1.19 bits per heavy atom. The van der Waals surface area contributed by atoms with Crippen molar-refractivity contribution in [2.45, 2.75) is 32.4 Å². The lowest BCUT2D eigenvalue weighted by molar-refractivity contribution is 0.261. The number of methoxy groups -OCH3 is 1. The first-order chi connectivity index (χ1) is 15.7. The molecule has 2 aromatic carbocycles. The SMILES string of the molecule is COc1ccccc1CCNC(=NCc1nnc(C)n1C)NC1CCOc2ccccc21. The number of fused-ring (bicyclic) bond motifs is 1. The van der Waals surface area contributed by atoms with E-state index >= 15 is 0 Å². The van der Waals surface area contributed by atoms with Gasteiger partial charge in [-0.1, -0.05) is 36.4 Å². The van der Waals surface area contributed by atoms with Crippen LogP contribution in [0.1, 0.15) is 35.2 Å². The molecule has 32 heavy (non-hydrogen) atoms. The summed E-state index contributed by atoms with van der Waals surface area (Å²) >= 11 is 0. The zero-order valence-corrected chi connectivity index (χ0v) is 18.8. The van der Waals surface area contributed by atoms with Gasteiger partial charge >= 0.3 is 0 Å². The minimum absolute atomic E-state index is 0.124. The summed E-state index contributed by atoms with van der Waals surface area (Å²) in [6.07, 6.45) is 1.69. The molecule has 0 radical (unpaired) electrons. The Bertz CT molecular complexity index is 1080. The summed E-state index contributed by atoms with van der Waals surface area (Å²) in [5, 5.41) is 15.4. The van der Waals surface area contributed by atoms with E-state index in [1.165, 1.54) is 0 Å². The molecule has 0 spiro atoms. The van der Waals surface area contributed by atoms with E-state index in [-0.39, 0.29) is 6.04 Å². The van der Waals surface area contributed by atoms with Crippen LogP contribution in [-0.4, -0.2) is 41.0 Å². The van der Waals surface area contributed by atoms with Crippen molar-refractivity contribution in [1.29, 1.82) is 0 Å². The topological polar surface area (TPSA) is 85.6 Å². The van der Waals surface area contributed by atoms with Gasteiger partial charge in [-0.05, 0) is 31.0 Å². The minimum atomic E-state index is 0.124. The lowest BCUT2D eigenvalue weighted by Crippen LogP contribution is -2.42. The monoisotopic (exact) mass is 434 g/mol. The molecule has 2 N–H and O–H groups in total. The van der Waals surface area contributed by atoms with Crippen molar-refractivity contribution in [3.63, 3.8) is 0 Å². The largest absolute Gasteiger partial charge is 0.496 e. The molecule has 1 aromatic heterocycles. The van der Waals surface area contributed by atoms with Crippen LogP contribution in [0.15, 0.2) is 53.5 Å². The zero-order chi connectivity index (χ0) is 22.3. The molecular formula is C24H30N6O2. The van der Waals surface area contributed by atoms with Gasteiger partial charge in [0.15, 0.2) is 11.8 Å². The Morgan fingerprint density at radius 3 is 2.81 bits per heavy atom. The number of benzene rings is 2. The Kier molecular flexibility index (Phi) is 6.89. The van der Waals surface area contributed by atoms with Gasteiger partial charge in [0.05, 0.1) is 19.8 Å². The van der Waals surface area contributed by atoms with Crippen molar-refractivity contribution in [2.75, 3.05) is 20.3 Å². The average Bonchev–Trinajstić information content (AvgIpc) is 3.15. The lowest BCUT2D eigenvalue weighted by Gasteiger charge is -2.28. The van der Waals surface area contributed by atoms with E-state index in [1.54, 1.807) is 7.11 Å². The van der Waals surface area contributed by atoms with E-state index < -0.39 is 0 Å². The second-order valence-corrected chi connectivity index (χ2v) is 7.75. The van der Waals surface area contributed by atoms with Crippen LogP contribution in [0, 0.1) is 6.92 Å². The van der Waals surface area contributed by atoms with Crippen LogP contribution in [0.5, 0.6) is 11.5 Å². The molecule has 8 heteroatoms. The van der Waals surface area contributed by atoms with Crippen LogP contribution in [0.3, 0.4) is 0 Å². The normalized spacial score (nSPS) is 15.6. The van der Waals surface area contributed by atoms with Gasteiger partial charge in [0.1, 0.15) is 23.9 Å². The maximum absolute atomic E-state index is 5.81. The van der Waals surface area contributed by atoms with Crippen LogP contribution in [0.4, 0.5) is 0 Å². The van der Waals surface area contributed by atoms with Crippen LogP contribution in [0.2, 0.25) is 0 Å². The molecule has 0 fully saturated rings. The number of ether oxygens (including phenoxy) is 2. The molecule has 4 rings (SSSR count). The molecule has 1 aliphatic rings. The summed E-state index contributed by atoms with van der Waals surface area (Å²) in [7, 11) is 3.66. The molecule has 8 nitrogen and oxygen atoms in total. The zero-order valence-electron chi connectivity index (χ0n) is 18.8. The maximum atomic E-state index is 5.81. The summed E-state index contributed by atoms with van der Waals surface area (Å²) in [4.78, 5) is 4.81. The smallest absolute Gasteiger partial charge is 0.192 e. The molecule has 1 atom stereocenters. The van der Waals surface area contributed by atoms with Gasteiger partial charge < -0.3 is 24.7 Å². The summed E-state index contributed by atoms with van der Waals surface area (Å²) in [6.45, 7) is 3.76. The predicted octanol–water partition coefficient (Wildman–Crippen LogP) is 2.93. The van der Waals surface area contributed by atoms with Crippen molar-refractivity contribution in [3.05, 3.63) is 71.3 Å². The third kappa shape index (κ3) is 5.01. The highest BCUT2D eigenvalue weighted by Gasteiger charge is 2.22. The van der Waals surface area contributed by atoms with E-state index in [0.29, 0.717) is 13.2 Å². The van der Waals surface area contributed by atoms with Gasteiger partial charge in [-0.15, -0.1) is 10.2 Å². The van der Waals surface area contributed by atoms with E-state index in [1.807, 2.05) is 54.9 Å². The standard InChI is InChI=1S/C24H30N6O2/c1-17-28-29-23(30(17)2)16-26-24(25-14-12-18-8-4-6-10-21(18)31-3)27-20-13-15-32-22-11-7-5-9-19(20)22/h4-11,20H,12-16H2,1-3H3,(H2,25,26,27). The first-order valence-electron chi connectivity index (χ1n) is 10.9. The number of nitrogens with one attached hydrogen (secondary N) is 2. The molecule has 2 heterocycles. The number of hydrogen-bond donors (Lipinski definition) is 2. The van der Waals surface area contributed by atoms with Gasteiger partial charge in [-0.3, -0.25) is 0 Å². The molecule has 1 unspecified atom stereocenters. The van der Waals surface area contributed by atoms with Gasteiger partial charge in [0.2, 0.25) is 0 Å². The number of nitrogens with zero attached hydrogens (tertiary/aromatic N) is 4. The first-order valence-corrected chi connectivity index (χ1v) is 10.9. The van der Waals surface area contributed by atoms with Gasteiger partial charge in [0, 0.05) is 25.6 Å². The molecular weight excluding hydrogens is 404 g/mol. The molecule has 168 valence electrons. The summed E-state index contributed by atoms with van der Waals surface area (Å²) in [5.74, 6) is 4.25. The number of aromatic nitrogens is 3. The highest BCUT2D eigenvalue weighted by molar-refractivity contribution is 5.80. The summed E-state index contributed by atoms with van der Waals surface area (Å²) < 4.78 is 13.2. The number of hydrogen-bond acceptors (Lipinski definition) is 5. The van der Waals surface area contributed by atoms with Crippen LogP contribution in [-0.2, 0) is 20.0 Å². The van der Waals surface area contributed by atoms with Crippen molar-refractivity contribution in [3.8, 4) is 11.5 Å². The molecule has 0 amide bonds. The van der Waals surface area contributed by atoms with Crippen LogP contribution < -0.4 is 20.1 Å². The highest BCUT2D eigenvalue weighted by atomic mass is 16.5. The number of aryl methyl sites for hydroxylation is 1. The van der Waals surface area contributed by atoms with E-state index in [0.717, 1.165) is 59.6 Å². The van der Waals surface area contributed by atoms with Crippen LogP contribution in [0.25, 0.3) is 0 Å². The molecule has 1 aliphatic heterocycles. The third-order valence-corrected chi connectivity index (χ3v) is 5.71. The molecule has 0 saturated heterocycles. The third-order valence-electron chi connectivity index (χ3n) is 5.71. The molecule has 3 aromatic rings. The Hall–Kier alpha value is -3.55. The molecule has 0 aliphatic carbocycles. The van der Waals surface area contributed by atoms with Crippen LogP contribution >= 0.6 is 0 Å². The number of guanidine groups is 1. The number of rotatable bonds is 7. The van der Waals surface area contributed by atoms with Crippen molar-refractivity contribution < 1.29 is 9.47 Å². The maximum Gasteiger partial charge on any atom is 0.192 e. The predicted molar refractivity (Wildman–Crippen MR) is 124 cm³/mol. The van der Waals surface area contributed by atoms with Gasteiger partial charge in [0.25, 0.3) is 0 Å². The Balaban J connectivity index is 1.49. The van der Waals surface area contributed by atoms with Crippen molar-refractivity contribution >= 4 is 5.96 Å². The van der Waals surface area contributed by atoms with Crippen molar-refractivity contribution in [2.24, 2.45) is 12.0 Å².